The maximum Gasteiger partial charge on any atom is 0.331 e. The highest BCUT2D eigenvalue weighted by atomic mass is 127. The molecule has 0 radical (unpaired) electrons. The molecule has 6 heteroatoms. The Bertz CT molecular complexity index is 506. The molecule has 0 fully saturated rings. The van der Waals surface area contributed by atoms with E-state index in [1.807, 2.05) is 0 Å². The molecule has 0 atom stereocenters. The van der Waals surface area contributed by atoms with Gasteiger partial charge in [0.05, 0.1) is 0 Å². The van der Waals surface area contributed by atoms with Crippen LogP contribution in [0.2, 0.25) is 0 Å². The minimum atomic E-state index is -0.546. The molecule has 1 aromatic rings. The molecule has 0 unspecified atom stereocenters. The van der Waals surface area contributed by atoms with Crippen LogP contribution in [0, 0.1) is 15.0 Å². The predicted molar refractivity (Wildman–Crippen MR) is 54.4 cm³/mol. The van der Waals surface area contributed by atoms with Crippen molar-refractivity contribution in [3.05, 3.63) is 30.1 Å². The maximum atomic E-state index is 11.3. The van der Waals surface area contributed by atoms with Crippen molar-refractivity contribution in [1.29, 1.82) is 5.26 Å². The number of halogens is 1. The lowest BCUT2D eigenvalue weighted by Gasteiger charge is -2.04. The lowest BCUT2D eigenvalue weighted by Crippen LogP contribution is -2.39. The normalized spacial score (nSPS) is 9.69. The van der Waals surface area contributed by atoms with Gasteiger partial charge in [-0.05, 0) is 22.6 Å². The van der Waals surface area contributed by atoms with Crippen LogP contribution in [0.15, 0.2) is 9.59 Å². The molecule has 0 bridgehead atoms. The summed E-state index contributed by atoms with van der Waals surface area (Å²) < 4.78 is 2.55. The molecule has 1 aromatic heterocycles. The number of hydrogen-bond acceptors (Lipinski definition) is 3. The van der Waals surface area contributed by atoms with Crippen molar-refractivity contribution >= 4 is 22.6 Å². The monoisotopic (exact) mass is 291 g/mol. The number of aromatic nitrogens is 2. The Kier molecular flexibility index (Phi) is 2.56. The third-order valence-corrected chi connectivity index (χ3v) is 2.97. The fourth-order valence-corrected chi connectivity index (χ4v) is 1.47. The minimum absolute atomic E-state index is 0.00481. The Morgan fingerprint density at radius 3 is 2.31 bits per heavy atom. The van der Waals surface area contributed by atoms with Crippen LogP contribution in [0.3, 0.4) is 0 Å². The molecular weight excluding hydrogens is 285 g/mol. The van der Waals surface area contributed by atoms with Crippen molar-refractivity contribution < 1.29 is 0 Å². The summed E-state index contributed by atoms with van der Waals surface area (Å²) in [4.78, 5) is 22.6. The second-order valence-electron chi connectivity index (χ2n) is 2.48. The molecule has 0 aliphatic rings. The Morgan fingerprint density at radius 2 is 1.85 bits per heavy atom. The second-order valence-corrected chi connectivity index (χ2v) is 3.51. The number of nitrogens with zero attached hydrogens (tertiary/aromatic N) is 3. The van der Waals surface area contributed by atoms with Gasteiger partial charge in [-0.25, -0.2) is 4.79 Å². The first-order valence-corrected chi connectivity index (χ1v) is 4.44. The molecule has 0 saturated carbocycles. The highest BCUT2D eigenvalue weighted by Crippen LogP contribution is 2.02. The van der Waals surface area contributed by atoms with Crippen LogP contribution in [-0.2, 0) is 14.1 Å². The molecule has 5 nitrogen and oxygen atoms in total. The van der Waals surface area contributed by atoms with E-state index in [1.54, 1.807) is 28.7 Å². The van der Waals surface area contributed by atoms with Crippen molar-refractivity contribution in [1.82, 2.24) is 9.13 Å². The van der Waals surface area contributed by atoms with E-state index in [2.05, 4.69) is 0 Å². The van der Waals surface area contributed by atoms with Gasteiger partial charge in [0.1, 0.15) is 15.3 Å². The summed E-state index contributed by atoms with van der Waals surface area (Å²) in [5, 5.41) is 8.66. The van der Waals surface area contributed by atoms with Crippen LogP contribution >= 0.6 is 22.6 Å². The Morgan fingerprint density at radius 1 is 1.31 bits per heavy atom. The quantitative estimate of drug-likeness (QED) is 0.481. The highest BCUT2D eigenvalue weighted by Gasteiger charge is 2.11. The van der Waals surface area contributed by atoms with Gasteiger partial charge in [-0.1, -0.05) is 0 Å². The summed E-state index contributed by atoms with van der Waals surface area (Å²) in [7, 11) is 2.87. The first-order chi connectivity index (χ1) is 6.00. The third kappa shape index (κ3) is 1.39. The zero-order chi connectivity index (χ0) is 10.2. The second kappa shape index (κ2) is 3.33. The fraction of sp³-hybridized carbons (Fsp3) is 0.286. The lowest BCUT2D eigenvalue weighted by molar-refractivity contribution is 0.667. The van der Waals surface area contributed by atoms with Crippen molar-refractivity contribution in [2.45, 2.75) is 0 Å². The van der Waals surface area contributed by atoms with Crippen LogP contribution in [-0.4, -0.2) is 9.13 Å². The van der Waals surface area contributed by atoms with Gasteiger partial charge in [-0.3, -0.25) is 13.9 Å². The van der Waals surface area contributed by atoms with Crippen molar-refractivity contribution in [3.63, 3.8) is 0 Å². The standard InChI is InChI=1S/C7H6IN3O2/c1-10-5(8)4(3-9)6(12)11(2)7(10)13/h1-2H3. The van der Waals surface area contributed by atoms with Gasteiger partial charge >= 0.3 is 5.69 Å². The van der Waals surface area contributed by atoms with E-state index in [9.17, 15) is 9.59 Å². The van der Waals surface area contributed by atoms with Crippen LogP contribution in [0.4, 0.5) is 0 Å². The van der Waals surface area contributed by atoms with Crippen LogP contribution < -0.4 is 11.2 Å². The third-order valence-electron chi connectivity index (χ3n) is 1.70. The molecule has 0 saturated heterocycles. The van der Waals surface area contributed by atoms with E-state index >= 15 is 0 Å². The molecule has 1 heterocycles. The van der Waals surface area contributed by atoms with Gasteiger partial charge in [0.2, 0.25) is 0 Å². The average molecular weight is 291 g/mol. The minimum Gasteiger partial charge on any atom is -0.290 e. The smallest absolute Gasteiger partial charge is 0.290 e. The van der Waals surface area contributed by atoms with E-state index in [-0.39, 0.29) is 5.56 Å². The van der Waals surface area contributed by atoms with Gasteiger partial charge in [0.15, 0.2) is 0 Å². The van der Waals surface area contributed by atoms with Crippen molar-refractivity contribution in [3.8, 4) is 6.07 Å². The number of hydrogen-bond donors (Lipinski definition) is 0. The number of rotatable bonds is 0. The first-order valence-electron chi connectivity index (χ1n) is 3.36. The topological polar surface area (TPSA) is 67.8 Å². The summed E-state index contributed by atoms with van der Waals surface area (Å²) in [6, 6.07) is 1.77. The Labute approximate surface area is 87.4 Å². The van der Waals surface area contributed by atoms with E-state index < -0.39 is 11.2 Å². The predicted octanol–water partition coefficient (Wildman–Crippen LogP) is -0.440. The van der Waals surface area contributed by atoms with Gasteiger partial charge < -0.3 is 0 Å². The van der Waals surface area contributed by atoms with Crippen molar-refractivity contribution in [2.75, 3.05) is 0 Å². The summed E-state index contributed by atoms with van der Waals surface area (Å²) in [6.07, 6.45) is 0. The largest absolute Gasteiger partial charge is 0.331 e. The average Bonchev–Trinajstić information content (AvgIpc) is 2.13. The molecule has 68 valence electrons. The molecule has 0 N–H and O–H groups in total. The van der Waals surface area contributed by atoms with Gasteiger partial charge in [-0.15, -0.1) is 0 Å². The molecule has 0 spiro atoms. The van der Waals surface area contributed by atoms with E-state index in [4.69, 9.17) is 5.26 Å². The van der Waals surface area contributed by atoms with E-state index in [0.29, 0.717) is 3.70 Å². The molecule has 13 heavy (non-hydrogen) atoms. The zero-order valence-corrected chi connectivity index (χ0v) is 9.19. The molecule has 0 amide bonds. The fourth-order valence-electron chi connectivity index (χ4n) is 0.913. The zero-order valence-electron chi connectivity index (χ0n) is 7.04. The summed E-state index contributed by atoms with van der Waals surface area (Å²) in [5.41, 5.74) is -0.964. The maximum absolute atomic E-state index is 11.3. The van der Waals surface area contributed by atoms with Crippen LogP contribution in [0.25, 0.3) is 0 Å². The van der Waals surface area contributed by atoms with E-state index in [1.165, 1.54) is 18.7 Å². The molecule has 0 aromatic carbocycles. The van der Waals surface area contributed by atoms with Gasteiger partial charge in [0, 0.05) is 14.1 Å². The van der Waals surface area contributed by atoms with Crippen LogP contribution in [0.1, 0.15) is 5.56 Å². The Balaban J connectivity index is 3.92. The molecule has 1 rings (SSSR count). The summed E-state index contributed by atoms with van der Waals surface area (Å²) in [5.74, 6) is 0. The molecular formula is C7H6IN3O2. The SMILES string of the molecule is Cn1c(I)c(C#N)c(=O)n(C)c1=O. The number of nitriles is 1. The van der Waals surface area contributed by atoms with Gasteiger partial charge in [-0.2, -0.15) is 5.26 Å². The molecule has 0 aliphatic heterocycles. The first kappa shape index (κ1) is 9.98. The summed E-state index contributed by atoms with van der Waals surface area (Å²) >= 11 is 1.80. The van der Waals surface area contributed by atoms with E-state index in [0.717, 1.165) is 4.57 Å². The summed E-state index contributed by atoms with van der Waals surface area (Å²) in [6.45, 7) is 0. The van der Waals surface area contributed by atoms with Crippen molar-refractivity contribution in [2.24, 2.45) is 14.1 Å². The van der Waals surface area contributed by atoms with Crippen LogP contribution in [0.5, 0.6) is 0 Å². The lowest BCUT2D eigenvalue weighted by atomic mass is 10.4. The molecule has 0 aliphatic carbocycles. The van der Waals surface area contributed by atoms with Gasteiger partial charge in [0.25, 0.3) is 5.56 Å². The Hall–Kier alpha value is -1.10. The highest BCUT2D eigenvalue weighted by molar-refractivity contribution is 14.1.